The molecule has 0 atom stereocenters. The van der Waals surface area contributed by atoms with E-state index < -0.39 is 17.2 Å². The summed E-state index contributed by atoms with van der Waals surface area (Å²) in [6.07, 6.45) is -3.74. The summed E-state index contributed by atoms with van der Waals surface area (Å²) in [4.78, 5) is 14.3. The fourth-order valence-corrected chi connectivity index (χ4v) is 2.84. The van der Waals surface area contributed by atoms with Crippen LogP contribution in [0.25, 0.3) is 0 Å². The molecule has 120 valence electrons. The van der Waals surface area contributed by atoms with E-state index in [-0.39, 0.29) is 31.8 Å². The van der Waals surface area contributed by atoms with E-state index in [9.17, 15) is 18.0 Å². The van der Waals surface area contributed by atoms with Gasteiger partial charge in [0, 0.05) is 32.6 Å². The van der Waals surface area contributed by atoms with Crippen molar-refractivity contribution in [3.63, 3.8) is 0 Å². The molecule has 0 amide bonds. The molecule has 0 radical (unpaired) electrons. The molecule has 0 aromatic carbocycles. The first-order chi connectivity index (χ1) is 9.86. The fourth-order valence-electron chi connectivity index (χ4n) is 2.07. The van der Waals surface area contributed by atoms with E-state index in [1.807, 2.05) is 0 Å². The number of halogens is 3. The minimum Gasteiger partial charge on any atom is -1.00 e. The van der Waals surface area contributed by atoms with Crippen molar-refractivity contribution >= 4 is 22.4 Å². The molecule has 0 spiro atoms. The van der Waals surface area contributed by atoms with Crippen LogP contribution >= 0.6 is 11.3 Å². The molecular formula is C11H16F3LiN4O2S. The molecule has 2 heterocycles. The fraction of sp³-hybridized carbons (Fsp3) is 0.727. The number of aromatic nitrogens is 2. The van der Waals surface area contributed by atoms with Crippen LogP contribution in [0.1, 0.15) is 19.3 Å². The first kappa shape index (κ1) is 19.2. The number of carboxylic acids is 1. The Morgan fingerprint density at radius 1 is 1.27 bits per heavy atom. The maximum atomic E-state index is 12.5. The smallest absolute Gasteiger partial charge is 1.00 e. The number of alkyl halides is 3. The van der Waals surface area contributed by atoms with Gasteiger partial charge in [-0.3, -0.25) is 9.69 Å². The number of anilines is 1. The van der Waals surface area contributed by atoms with Gasteiger partial charge in [-0.05, 0) is 13.0 Å². The molecule has 11 heteroatoms. The Balaban J connectivity index is 0.00000242. The van der Waals surface area contributed by atoms with Crippen LogP contribution in [0.4, 0.5) is 18.3 Å². The molecule has 0 unspecified atom stereocenters. The first-order valence-corrected chi connectivity index (χ1v) is 7.27. The third-order valence-electron chi connectivity index (χ3n) is 3.16. The minimum atomic E-state index is -4.45. The third-order valence-corrected chi connectivity index (χ3v) is 4.19. The molecule has 1 aromatic heterocycles. The van der Waals surface area contributed by atoms with Crippen LogP contribution in [0, 0.1) is 0 Å². The second-order valence-corrected chi connectivity index (χ2v) is 5.67. The molecule has 22 heavy (non-hydrogen) atoms. The predicted octanol–water partition coefficient (Wildman–Crippen LogP) is -1.34. The van der Waals surface area contributed by atoms with Crippen LogP contribution in [0.2, 0.25) is 0 Å². The molecule has 0 saturated carbocycles. The van der Waals surface area contributed by atoms with Crippen LogP contribution in [-0.2, 0) is 11.0 Å². The Morgan fingerprint density at radius 2 is 1.91 bits per heavy atom. The number of carboxylic acid groups (broad SMARTS) is 1. The van der Waals surface area contributed by atoms with Crippen molar-refractivity contribution in [3.8, 4) is 0 Å². The average Bonchev–Trinajstić information content (AvgIpc) is 2.88. The van der Waals surface area contributed by atoms with Gasteiger partial charge in [-0.15, -0.1) is 10.2 Å². The van der Waals surface area contributed by atoms with Gasteiger partial charge in [0.1, 0.15) is 0 Å². The zero-order chi connectivity index (χ0) is 15.5. The van der Waals surface area contributed by atoms with Crippen molar-refractivity contribution in [1.82, 2.24) is 15.1 Å². The van der Waals surface area contributed by atoms with Gasteiger partial charge in [0.2, 0.25) is 10.1 Å². The van der Waals surface area contributed by atoms with Crippen LogP contribution < -0.4 is 23.8 Å². The number of piperazine rings is 1. The van der Waals surface area contributed by atoms with Crippen molar-refractivity contribution in [2.45, 2.75) is 19.0 Å². The van der Waals surface area contributed by atoms with Crippen molar-refractivity contribution in [1.29, 1.82) is 0 Å². The van der Waals surface area contributed by atoms with Crippen LogP contribution in [0.3, 0.4) is 0 Å². The molecule has 1 aliphatic heterocycles. The third kappa shape index (κ3) is 5.42. The molecule has 1 saturated heterocycles. The van der Waals surface area contributed by atoms with E-state index in [2.05, 4.69) is 15.1 Å². The molecule has 1 N–H and O–H groups in total. The Kier molecular flexibility index (Phi) is 7.12. The Morgan fingerprint density at radius 3 is 2.41 bits per heavy atom. The summed E-state index contributed by atoms with van der Waals surface area (Å²) in [7, 11) is 0. The molecule has 6 nitrogen and oxygen atoms in total. The molecule has 1 fully saturated rings. The summed E-state index contributed by atoms with van der Waals surface area (Å²) in [5, 5.41) is 14.7. The number of carbonyl (C=O) groups is 1. The van der Waals surface area contributed by atoms with Gasteiger partial charge in [-0.25, -0.2) is 0 Å². The molecule has 0 aliphatic carbocycles. The molecule has 2 rings (SSSR count). The first-order valence-electron chi connectivity index (χ1n) is 6.46. The van der Waals surface area contributed by atoms with Gasteiger partial charge in [0.05, 0.1) is 0 Å². The largest absolute Gasteiger partial charge is 1.00 e. The van der Waals surface area contributed by atoms with Crippen LogP contribution in [0.15, 0.2) is 0 Å². The number of hydrogen-bond acceptors (Lipinski definition) is 6. The zero-order valence-corrected chi connectivity index (χ0v) is 13.0. The zero-order valence-electron chi connectivity index (χ0n) is 13.1. The summed E-state index contributed by atoms with van der Waals surface area (Å²) < 4.78 is 37.4. The minimum absolute atomic E-state index is 0. The van der Waals surface area contributed by atoms with Gasteiger partial charge in [-0.2, -0.15) is 13.2 Å². The standard InChI is InChI=1S/C11H15F3N4O2S.Li.H/c12-11(13,14)9-15-16-10(21-9)18-6-4-17(5-7-18)3-1-2-8(19)20;;/h1-7H2,(H,19,20);;/q;+1;-1. The summed E-state index contributed by atoms with van der Waals surface area (Å²) in [6, 6.07) is 0. The van der Waals surface area contributed by atoms with Gasteiger partial charge in [0.25, 0.3) is 0 Å². The number of hydrogen-bond donors (Lipinski definition) is 1. The van der Waals surface area contributed by atoms with E-state index in [1.54, 1.807) is 4.90 Å². The van der Waals surface area contributed by atoms with E-state index >= 15 is 0 Å². The van der Waals surface area contributed by atoms with Gasteiger partial charge in [-0.1, -0.05) is 11.3 Å². The maximum Gasteiger partial charge on any atom is 1.00 e. The van der Waals surface area contributed by atoms with Crippen molar-refractivity contribution in [2.75, 3.05) is 37.6 Å². The number of rotatable bonds is 5. The summed E-state index contributed by atoms with van der Waals surface area (Å²) in [6.45, 7) is 3.18. The van der Waals surface area contributed by atoms with Crippen molar-refractivity contribution < 1.29 is 43.4 Å². The number of aliphatic carboxylic acids is 1. The Bertz CT molecular complexity index is 498. The second-order valence-electron chi connectivity index (χ2n) is 4.71. The Labute approximate surface area is 143 Å². The van der Waals surface area contributed by atoms with Crippen LogP contribution in [0.5, 0.6) is 0 Å². The topological polar surface area (TPSA) is 69.6 Å². The summed E-state index contributed by atoms with van der Waals surface area (Å²) in [5.41, 5.74) is 0. The van der Waals surface area contributed by atoms with E-state index in [0.717, 1.165) is 0 Å². The van der Waals surface area contributed by atoms with Gasteiger partial charge < -0.3 is 11.4 Å². The Hall–Kier alpha value is -0.823. The van der Waals surface area contributed by atoms with Gasteiger partial charge >= 0.3 is 31.0 Å². The van der Waals surface area contributed by atoms with Crippen molar-refractivity contribution in [3.05, 3.63) is 5.01 Å². The maximum absolute atomic E-state index is 12.5. The monoisotopic (exact) mass is 332 g/mol. The molecular weight excluding hydrogens is 316 g/mol. The normalized spacial score (nSPS) is 16.4. The summed E-state index contributed by atoms with van der Waals surface area (Å²) in [5.74, 6) is -0.817. The average molecular weight is 332 g/mol. The van der Waals surface area contributed by atoms with E-state index in [4.69, 9.17) is 5.11 Å². The summed E-state index contributed by atoms with van der Waals surface area (Å²) >= 11 is 0.552. The van der Waals surface area contributed by atoms with Gasteiger partial charge in [0.15, 0.2) is 0 Å². The van der Waals surface area contributed by atoms with E-state index in [0.29, 0.717) is 50.5 Å². The second kappa shape index (κ2) is 8.15. The SMILES string of the molecule is O=C(O)CCCN1CCN(c2nnc(C(F)(F)F)s2)CC1.[H-].[Li+]. The molecule has 0 bridgehead atoms. The molecule has 1 aliphatic rings. The van der Waals surface area contributed by atoms with Crippen LogP contribution in [-0.4, -0.2) is 58.9 Å². The molecule has 1 aromatic rings. The van der Waals surface area contributed by atoms with Crippen molar-refractivity contribution in [2.24, 2.45) is 0 Å². The van der Waals surface area contributed by atoms with E-state index in [1.165, 1.54) is 0 Å². The quantitative estimate of drug-likeness (QED) is 0.673. The number of nitrogens with zero attached hydrogens (tertiary/aromatic N) is 4. The predicted molar refractivity (Wildman–Crippen MR) is 71.5 cm³/mol.